The van der Waals surface area contributed by atoms with Crippen molar-refractivity contribution in [3.05, 3.63) is 205 Å². The number of aromatic nitrogens is 2. The molecule has 2 heteroatoms. The Morgan fingerprint density at radius 2 is 1.25 bits per heavy atom. The zero-order valence-corrected chi connectivity index (χ0v) is 28.7. The van der Waals surface area contributed by atoms with Crippen LogP contribution in [0, 0.1) is 17.8 Å². The van der Waals surface area contributed by atoms with Crippen molar-refractivity contribution in [2.24, 2.45) is 17.8 Å². The van der Waals surface area contributed by atoms with Gasteiger partial charge in [-0.15, -0.1) is 0 Å². The fourth-order valence-electron chi connectivity index (χ4n) is 7.76. The molecule has 0 fully saturated rings. The molecule has 0 bridgehead atoms. The molecule has 2 aromatic heterocycles. The minimum Gasteiger partial charge on any atom is -0.256 e. The van der Waals surface area contributed by atoms with Crippen LogP contribution in [0.1, 0.15) is 24.6 Å². The Kier molecular flexibility index (Phi) is 8.06. The van der Waals surface area contributed by atoms with Gasteiger partial charge in [0.25, 0.3) is 0 Å². The molecule has 0 amide bonds. The van der Waals surface area contributed by atoms with Gasteiger partial charge in [0.1, 0.15) is 0 Å². The summed E-state index contributed by atoms with van der Waals surface area (Å²) in [6.45, 7) is 2.27. The molecule has 0 saturated carbocycles. The second-order valence-corrected chi connectivity index (χ2v) is 13.9. The van der Waals surface area contributed by atoms with Gasteiger partial charge in [-0.3, -0.25) is 4.98 Å². The lowest BCUT2D eigenvalue weighted by atomic mass is 9.70. The van der Waals surface area contributed by atoms with Crippen molar-refractivity contribution in [3.8, 4) is 44.8 Å². The van der Waals surface area contributed by atoms with Gasteiger partial charge >= 0.3 is 0 Å². The first-order chi connectivity index (χ1) is 25.2. The maximum Gasteiger partial charge on any atom is 0.0715 e. The third-order valence-corrected chi connectivity index (χ3v) is 10.4. The van der Waals surface area contributed by atoms with Crippen molar-refractivity contribution in [1.29, 1.82) is 0 Å². The van der Waals surface area contributed by atoms with Gasteiger partial charge in [0.2, 0.25) is 0 Å². The lowest BCUT2D eigenvalue weighted by Gasteiger charge is -2.33. The number of fused-ring (bicyclic) bond motifs is 3. The average molecular weight is 655 g/mol. The van der Waals surface area contributed by atoms with E-state index in [1.807, 2.05) is 12.3 Å². The molecule has 2 nitrogen and oxygen atoms in total. The lowest BCUT2D eigenvalue weighted by Crippen LogP contribution is -2.21. The van der Waals surface area contributed by atoms with Crippen molar-refractivity contribution in [1.82, 2.24) is 9.97 Å². The molecule has 0 spiro atoms. The van der Waals surface area contributed by atoms with Crippen molar-refractivity contribution < 1.29 is 0 Å². The highest BCUT2D eigenvalue weighted by Crippen LogP contribution is 2.45. The molecule has 3 unspecified atom stereocenters. The van der Waals surface area contributed by atoms with Crippen LogP contribution in [0.5, 0.6) is 0 Å². The predicted molar refractivity (Wildman–Crippen MR) is 213 cm³/mol. The van der Waals surface area contributed by atoms with E-state index in [0.717, 1.165) is 56.9 Å². The quantitative estimate of drug-likeness (QED) is 0.182. The van der Waals surface area contributed by atoms with Crippen LogP contribution in [-0.2, 0) is 0 Å². The highest BCUT2D eigenvalue weighted by atomic mass is 14.7. The summed E-state index contributed by atoms with van der Waals surface area (Å²) in [7, 11) is 0. The zero-order chi connectivity index (χ0) is 34.1. The van der Waals surface area contributed by atoms with Crippen molar-refractivity contribution >= 4 is 11.1 Å². The van der Waals surface area contributed by atoms with Crippen LogP contribution in [0.3, 0.4) is 0 Å². The van der Waals surface area contributed by atoms with Crippen LogP contribution in [-0.4, -0.2) is 9.97 Å². The summed E-state index contributed by atoms with van der Waals surface area (Å²) in [5, 5.41) is 0. The first kappa shape index (κ1) is 30.9. The summed E-state index contributed by atoms with van der Waals surface area (Å²) in [5.74, 6) is 1.12. The van der Waals surface area contributed by atoms with Crippen LogP contribution in [0.15, 0.2) is 193 Å². The minimum atomic E-state index is 0.297. The van der Waals surface area contributed by atoms with Crippen molar-refractivity contribution in [3.63, 3.8) is 0 Å². The molecular weight excluding hydrogens is 617 g/mol. The first-order valence-corrected chi connectivity index (χ1v) is 18.0. The smallest absolute Gasteiger partial charge is 0.0715 e. The van der Waals surface area contributed by atoms with Gasteiger partial charge in [0.15, 0.2) is 0 Å². The Bertz CT molecular complexity index is 2380. The van der Waals surface area contributed by atoms with E-state index in [4.69, 9.17) is 9.97 Å². The molecule has 0 radical (unpaired) electrons. The summed E-state index contributed by atoms with van der Waals surface area (Å²) in [4.78, 5) is 10.3. The highest BCUT2D eigenvalue weighted by Gasteiger charge is 2.30. The van der Waals surface area contributed by atoms with E-state index >= 15 is 0 Å². The molecule has 4 aliphatic carbocycles. The zero-order valence-electron chi connectivity index (χ0n) is 28.7. The Morgan fingerprint density at radius 3 is 2.04 bits per heavy atom. The number of nitrogens with zero attached hydrogens (tertiary/aromatic N) is 2. The molecule has 0 saturated heterocycles. The largest absolute Gasteiger partial charge is 0.256 e. The molecule has 244 valence electrons. The number of hydrogen-bond donors (Lipinski definition) is 0. The van der Waals surface area contributed by atoms with Crippen LogP contribution in [0.4, 0.5) is 0 Å². The summed E-state index contributed by atoms with van der Waals surface area (Å²) < 4.78 is 0. The fourth-order valence-corrected chi connectivity index (χ4v) is 7.76. The van der Waals surface area contributed by atoms with Crippen LogP contribution >= 0.6 is 0 Å². The van der Waals surface area contributed by atoms with Crippen molar-refractivity contribution in [2.75, 3.05) is 0 Å². The van der Waals surface area contributed by atoms with Crippen LogP contribution in [0.2, 0.25) is 0 Å². The number of pyridine rings is 2. The molecule has 5 aromatic rings. The fraction of sp³-hybridized carbons (Fsp3) is 0.102. The summed E-state index contributed by atoms with van der Waals surface area (Å²) in [6.07, 6.45) is 30.3. The van der Waals surface area contributed by atoms with E-state index in [1.54, 1.807) is 0 Å². The van der Waals surface area contributed by atoms with Crippen LogP contribution in [0.25, 0.3) is 55.9 Å². The number of benzene rings is 3. The maximum atomic E-state index is 5.24. The van der Waals surface area contributed by atoms with Crippen molar-refractivity contribution in [2.45, 2.75) is 13.3 Å². The number of hydrogen-bond acceptors (Lipinski definition) is 2. The normalized spacial score (nSPS) is 20.1. The Labute approximate surface area is 300 Å². The monoisotopic (exact) mass is 654 g/mol. The summed E-state index contributed by atoms with van der Waals surface area (Å²) in [5.41, 5.74) is 16.0. The van der Waals surface area contributed by atoms with Gasteiger partial charge in [0, 0.05) is 34.7 Å². The van der Waals surface area contributed by atoms with E-state index in [-0.39, 0.29) is 0 Å². The van der Waals surface area contributed by atoms with E-state index in [2.05, 4.69) is 177 Å². The lowest BCUT2D eigenvalue weighted by molar-refractivity contribution is 0.618. The number of rotatable bonds is 6. The molecule has 3 aromatic carbocycles. The molecule has 9 rings (SSSR count). The topological polar surface area (TPSA) is 25.8 Å². The number of allylic oxidation sites excluding steroid dienone is 16. The van der Waals surface area contributed by atoms with Crippen LogP contribution < -0.4 is 0 Å². The van der Waals surface area contributed by atoms with Gasteiger partial charge in [-0.2, -0.15) is 0 Å². The molecule has 3 atom stereocenters. The SMILES string of the molecule is CC1C=C(c2cc(-c3cc(C4=C5C=CC=CC5C5C=CC=CC5=C4)cc(-c4ccc(-c5ccccc5)cn4)c3)cc(-c3ccccc3)n2)C=CC1. The summed E-state index contributed by atoms with van der Waals surface area (Å²) in [6, 6.07) is 36.8. The third-order valence-electron chi connectivity index (χ3n) is 10.4. The van der Waals surface area contributed by atoms with E-state index in [0.29, 0.717) is 17.8 Å². The molecule has 51 heavy (non-hydrogen) atoms. The highest BCUT2D eigenvalue weighted by molar-refractivity contribution is 5.89. The maximum absolute atomic E-state index is 5.24. The Balaban J connectivity index is 1.25. The molecular formula is C49H38N2. The molecule has 2 heterocycles. The average Bonchev–Trinajstić information content (AvgIpc) is 3.21. The van der Waals surface area contributed by atoms with Gasteiger partial charge in [-0.25, -0.2) is 4.98 Å². The second kappa shape index (κ2) is 13.3. The first-order valence-electron chi connectivity index (χ1n) is 18.0. The van der Waals surface area contributed by atoms with Gasteiger partial charge in [0.05, 0.1) is 17.1 Å². The molecule has 0 aliphatic heterocycles. The van der Waals surface area contributed by atoms with Gasteiger partial charge in [-0.05, 0) is 93.3 Å². The Hall–Kier alpha value is -6.12. The molecule has 0 N–H and O–H groups in total. The second-order valence-electron chi connectivity index (χ2n) is 13.9. The Morgan fingerprint density at radius 1 is 0.549 bits per heavy atom. The summed E-state index contributed by atoms with van der Waals surface area (Å²) >= 11 is 0. The van der Waals surface area contributed by atoms with E-state index in [1.165, 1.54) is 27.9 Å². The minimum absolute atomic E-state index is 0.297. The van der Waals surface area contributed by atoms with E-state index < -0.39 is 0 Å². The molecule has 4 aliphatic rings. The third kappa shape index (κ3) is 6.15. The van der Waals surface area contributed by atoms with Gasteiger partial charge in [-0.1, -0.05) is 147 Å². The predicted octanol–water partition coefficient (Wildman–Crippen LogP) is 12.3. The van der Waals surface area contributed by atoms with E-state index in [9.17, 15) is 0 Å². The standard InChI is InChI=1S/C49H38N2/c1-33-13-12-19-37(25-33)49-31-40(30-48(51-49)35-16-6-3-7-17-35)39-26-41(46-29-36-18-8-9-20-43(36)44-21-10-11-22-45(44)46)28-42(27-39)47-24-23-38(32-50-47)34-14-4-2-5-15-34/h2-12,14-33,43-44H,13H2,1H3. The van der Waals surface area contributed by atoms with Gasteiger partial charge < -0.3 is 0 Å².